The zero-order chi connectivity index (χ0) is 20.5. The van der Waals surface area contributed by atoms with Gasteiger partial charge in [-0.25, -0.2) is 17.9 Å². The first-order valence-electron chi connectivity index (χ1n) is 8.36. The summed E-state index contributed by atoms with van der Waals surface area (Å²) in [5, 5.41) is 12.2. The minimum Gasteiger partial charge on any atom is -0.326 e. The molecular weight excluding hydrogens is 383 g/mol. The van der Waals surface area contributed by atoms with Crippen molar-refractivity contribution >= 4 is 21.6 Å². The third-order valence-electron chi connectivity index (χ3n) is 4.18. The third kappa shape index (κ3) is 4.26. The minimum atomic E-state index is -4.06. The van der Waals surface area contributed by atoms with Crippen LogP contribution < -0.4 is 10.5 Å². The number of carbonyl (C=O) groups is 1. The molecule has 0 aliphatic carbocycles. The number of rotatable bonds is 5. The Morgan fingerprint density at radius 1 is 1.21 bits per heavy atom. The predicted octanol–water partition coefficient (Wildman–Crippen LogP) is 2.36. The van der Waals surface area contributed by atoms with E-state index in [2.05, 4.69) is 10.4 Å². The summed E-state index contributed by atoms with van der Waals surface area (Å²) < 4.78 is 39.5. The number of primary sulfonamides is 1. The highest BCUT2D eigenvalue weighted by molar-refractivity contribution is 7.89. The van der Waals surface area contributed by atoms with Gasteiger partial charge in [0.05, 0.1) is 17.0 Å². The molecule has 7 nitrogen and oxygen atoms in total. The minimum absolute atomic E-state index is 0.132. The summed E-state index contributed by atoms with van der Waals surface area (Å²) in [6.07, 6.45) is 1.51. The van der Waals surface area contributed by atoms with Crippen LogP contribution in [-0.4, -0.2) is 24.1 Å². The zero-order valence-electron chi connectivity index (χ0n) is 15.3. The molecule has 3 aromatic rings. The van der Waals surface area contributed by atoms with E-state index < -0.39 is 21.7 Å². The van der Waals surface area contributed by atoms with E-state index in [4.69, 9.17) is 5.14 Å². The maximum atomic E-state index is 13.7. The number of sulfonamides is 1. The lowest BCUT2D eigenvalue weighted by Crippen LogP contribution is -2.17. The van der Waals surface area contributed by atoms with Crippen LogP contribution in [0.4, 0.5) is 10.1 Å². The van der Waals surface area contributed by atoms with Gasteiger partial charge in [0.1, 0.15) is 5.82 Å². The summed E-state index contributed by atoms with van der Waals surface area (Å²) in [5.74, 6) is -0.957. The number of amides is 1. The number of nitrogens with zero attached hydrogens (tertiary/aromatic N) is 2. The molecule has 0 atom stereocenters. The van der Waals surface area contributed by atoms with E-state index in [0.717, 1.165) is 0 Å². The molecule has 3 N–H and O–H groups in total. The van der Waals surface area contributed by atoms with Crippen LogP contribution in [0.5, 0.6) is 0 Å². The third-order valence-corrected chi connectivity index (χ3v) is 5.14. The highest BCUT2D eigenvalue weighted by atomic mass is 32.2. The van der Waals surface area contributed by atoms with Crippen LogP contribution in [0.2, 0.25) is 0 Å². The summed E-state index contributed by atoms with van der Waals surface area (Å²) in [6.45, 7) is 1.76. The Bertz CT molecular complexity index is 1160. The topological polar surface area (TPSA) is 107 Å². The number of nitrogens with one attached hydrogen (secondary N) is 1. The van der Waals surface area contributed by atoms with E-state index >= 15 is 0 Å². The van der Waals surface area contributed by atoms with Gasteiger partial charge in [0.25, 0.3) is 0 Å². The van der Waals surface area contributed by atoms with E-state index in [0.29, 0.717) is 16.8 Å². The second kappa shape index (κ2) is 7.53. The number of aryl methyl sites for hydroxylation is 2. The number of carbonyl (C=O) groups excluding carboxylic acids is 1. The van der Waals surface area contributed by atoms with Gasteiger partial charge in [-0.3, -0.25) is 9.48 Å². The summed E-state index contributed by atoms with van der Waals surface area (Å²) in [4.78, 5) is 12.1. The molecule has 0 radical (unpaired) electrons. The molecule has 9 heteroatoms. The van der Waals surface area contributed by atoms with Gasteiger partial charge in [-0.1, -0.05) is 24.3 Å². The van der Waals surface area contributed by atoms with Crippen molar-refractivity contribution in [3.05, 3.63) is 65.7 Å². The lowest BCUT2D eigenvalue weighted by molar-refractivity contribution is -0.115. The van der Waals surface area contributed by atoms with Gasteiger partial charge >= 0.3 is 0 Å². The number of nitrogens with two attached hydrogens (primary N) is 1. The first-order valence-corrected chi connectivity index (χ1v) is 9.90. The van der Waals surface area contributed by atoms with Gasteiger partial charge in [-0.15, -0.1) is 0 Å². The van der Waals surface area contributed by atoms with Crippen molar-refractivity contribution in [2.45, 2.75) is 18.2 Å². The Kier molecular flexibility index (Phi) is 5.30. The van der Waals surface area contributed by atoms with Gasteiger partial charge in [0.15, 0.2) is 0 Å². The summed E-state index contributed by atoms with van der Waals surface area (Å²) >= 11 is 0. The van der Waals surface area contributed by atoms with Crippen molar-refractivity contribution in [3.63, 3.8) is 0 Å². The quantitative estimate of drug-likeness (QED) is 0.683. The molecule has 1 heterocycles. The smallest absolute Gasteiger partial charge is 0.238 e. The van der Waals surface area contributed by atoms with Gasteiger partial charge in [0, 0.05) is 30.1 Å². The van der Waals surface area contributed by atoms with Crippen LogP contribution in [0.25, 0.3) is 11.1 Å². The lowest BCUT2D eigenvalue weighted by Gasteiger charge is -2.11. The number of aromatic nitrogens is 2. The first kappa shape index (κ1) is 19.7. The summed E-state index contributed by atoms with van der Waals surface area (Å²) in [5.41, 5.74) is 2.14. The second-order valence-corrected chi connectivity index (χ2v) is 7.90. The molecule has 2 aromatic carbocycles. The molecule has 28 heavy (non-hydrogen) atoms. The maximum absolute atomic E-state index is 13.7. The molecular formula is C19H19FN4O3S. The Morgan fingerprint density at radius 2 is 1.93 bits per heavy atom. The molecule has 0 spiro atoms. The molecule has 1 amide bonds. The van der Waals surface area contributed by atoms with E-state index in [9.17, 15) is 17.6 Å². The van der Waals surface area contributed by atoms with Crippen LogP contribution in [0.3, 0.4) is 0 Å². The number of anilines is 1. The second-order valence-electron chi connectivity index (χ2n) is 6.37. The fourth-order valence-corrected chi connectivity index (χ4v) is 3.72. The molecule has 0 bridgehead atoms. The molecule has 0 unspecified atom stereocenters. The van der Waals surface area contributed by atoms with Crippen LogP contribution in [0.15, 0.2) is 53.6 Å². The molecule has 1 aromatic heterocycles. The number of hydrogen-bond donors (Lipinski definition) is 2. The van der Waals surface area contributed by atoms with E-state index in [1.807, 2.05) is 0 Å². The van der Waals surface area contributed by atoms with E-state index in [1.54, 1.807) is 43.0 Å². The SMILES string of the molecule is Cc1nn(C)cc1-c1ccc(NC(=O)Cc2ccccc2F)cc1S(N)(=O)=O. The number of hydrogen-bond acceptors (Lipinski definition) is 4. The first-order chi connectivity index (χ1) is 13.1. The van der Waals surface area contributed by atoms with E-state index in [1.165, 1.54) is 24.3 Å². The average molecular weight is 402 g/mol. The molecule has 0 saturated heterocycles. The van der Waals surface area contributed by atoms with Gasteiger partial charge in [0.2, 0.25) is 15.9 Å². The summed E-state index contributed by atoms with van der Waals surface area (Å²) in [6, 6.07) is 10.4. The van der Waals surface area contributed by atoms with Crippen molar-refractivity contribution in [1.82, 2.24) is 9.78 Å². The molecule has 0 saturated carbocycles. The predicted molar refractivity (Wildman–Crippen MR) is 103 cm³/mol. The van der Waals surface area contributed by atoms with Gasteiger partial charge in [-0.2, -0.15) is 5.10 Å². The molecule has 3 rings (SSSR count). The summed E-state index contributed by atoms with van der Waals surface area (Å²) in [7, 11) is -2.33. The van der Waals surface area contributed by atoms with Gasteiger partial charge in [-0.05, 0) is 30.7 Å². The van der Waals surface area contributed by atoms with Crippen LogP contribution in [0, 0.1) is 12.7 Å². The normalized spacial score (nSPS) is 11.4. The largest absolute Gasteiger partial charge is 0.326 e. The fourth-order valence-electron chi connectivity index (χ4n) is 2.94. The van der Waals surface area contributed by atoms with Crippen molar-refractivity contribution in [3.8, 4) is 11.1 Å². The Hall–Kier alpha value is -3.04. The highest BCUT2D eigenvalue weighted by Crippen LogP contribution is 2.31. The van der Waals surface area contributed by atoms with Crippen molar-refractivity contribution in [2.24, 2.45) is 12.2 Å². The fraction of sp³-hybridized carbons (Fsp3) is 0.158. The van der Waals surface area contributed by atoms with E-state index in [-0.39, 0.29) is 22.6 Å². The molecule has 0 aliphatic heterocycles. The van der Waals surface area contributed by atoms with Crippen molar-refractivity contribution < 1.29 is 17.6 Å². The maximum Gasteiger partial charge on any atom is 0.238 e. The molecule has 0 aliphatic rings. The van der Waals surface area contributed by atoms with Gasteiger partial charge < -0.3 is 5.32 Å². The monoisotopic (exact) mass is 402 g/mol. The standard InChI is InChI=1S/C19H19FN4O3S/c1-12-16(11-24(2)23-12)15-8-7-14(10-18(15)28(21,26)27)22-19(25)9-13-5-3-4-6-17(13)20/h3-8,10-11H,9H2,1-2H3,(H,22,25)(H2,21,26,27). The molecule has 146 valence electrons. The molecule has 0 fully saturated rings. The Balaban J connectivity index is 1.92. The lowest BCUT2D eigenvalue weighted by atomic mass is 10.1. The Labute approximate surface area is 162 Å². The van der Waals surface area contributed by atoms with Crippen LogP contribution in [0.1, 0.15) is 11.3 Å². The van der Waals surface area contributed by atoms with Crippen LogP contribution >= 0.6 is 0 Å². The number of halogens is 1. The average Bonchev–Trinajstić information content (AvgIpc) is 2.94. The Morgan fingerprint density at radius 3 is 2.54 bits per heavy atom. The van der Waals surface area contributed by atoms with Crippen LogP contribution in [-0.2, 0) is 28.3 Å². The zero-order valence-corrected chi connectivity index (χ0v) is 16.1. The number of benzene rings is 2. The van der Waals surface area contributed by atoms with Crippen molar-refractivity contribution in [1.29, 1.82) is 0 Å². The van der Waals surface area contributed by atoms with Crippen molar-refractivity contribution in [2.75, 3.05) is 5.32 Å². The highest BCUT2D eigenvalue weighted by Gasteiger charge is 2.19.